The van der Waals surface area contributed by atoms with Gasteiger partial charge in [-0.05, 0) is 12.8 Å². The van der Waals surface area contributed by atoms with Crippen molar-refractivity contribution in [1.82, 2.24) is 0 Å². The molecule has 1 unspecified atom stereocenters. The summed E-state index contributed by atoms with van der Waals surface area (Å²) in [5, 5.41) is 0. The lowest BCUT2D eigenvalue weighted by Gasteiger charge is -2.19. The van der Waals surface area contributed by atoms with Gasteiger partial charge in [-0.25, -0.2) is 0 Å². The number of allylic oxidation sites excluding steroid dienone is 1. The zero-order valence-electron chi connectivity index (χ0n) is 6.72. The van der Waals surface area contributed by atoms with Crippen LogP contribution in [0.25, 0.3) is 0 Å². The predicted octanol–water partition coefficient (Wildman–Crippen LogP) is 1.50. The van der Waals surface area contributed by atoms with Gasteiger partial charge in [0.1, 0.15) is 0 Å². The zero-order chi connectivity index (χ0) is 8.43. The van der Waals surface area contributed by atoms with E-state index in [2.05, 4.69) is 6.58 Å². The Morgan fingerprint density at radius 2 is 2.18 bits per heavy atom. The topological polar surface area (TPSA) is 34.1 Å². The Hall–Kier alpha value is -0.920. The number of rotatable bonds is 1. The Morgan fingerprint density at radius 1 is 1.55 bits per heavy atom. The molecular weight excluding hydrogens is 140 g/mol. The maximum Gasteiger partial charge on any atom is 0.168 e. The van der Waals surface area contributed by atoms with Gasteiger partial charge in [-0.3, -0.25) is 9.59 Å². The second kappa shape index (κ2) is 2.99. The Kier molecular flexibility index (Phi) is 2.22. The molecule has 2 heteroatoms. The summed E-state index contributed by atoms with van der Waals surface area (Å²) in [4.78, 5) is 22.2. The van der Waals surface area contributed by atoms with Gasteiger partial charge >= 0.3 is 0 Å². The summed E-state index contributed by atoms with van der Waals surface area (Å²) in [6.07, 6.45) is 2.04. The van der Waals surface area contributed by atoms with E-state index in [9.17, 15) is 9.59 Å². The van der Waals surface area contributed by atoms with Gasteiger partial charge in [0.15, 0.2) is 11.6 Å². The average Bonchev–Trinajstić information content (AvgIpc) is 2.01. The zero-order valence-corrected chi connectivity index (χ0v) is 6.72. The lowest BCUT2D eigenvalue weighted by molar-refractivity contribution is -0.126. The molecular formula is C9H12O2. The lowest BCUT2D eigenvalue weighted by Crippen LogP contribution is -2.26. The fraction of sp³-hybridized carbons (Fsp3) is 0.556. The van der Waals surface area contributed by atoms with E-state index in [1.165, 1.54) is 0 Å². The molecule has 1 saturated carbocycles. The summed E-state index contributed by atoms with van der Waals surface area (Å²) in [6.45, 7) is 5.44. The summed E-state index contributed by atoms with van der Waals surface area (Å²) >= 11 is 0. The van der Waals surface area contributed by atoms with Crippen LogP contribution >= 0.6 is 0 Å². The molecule has 1 aliphatic carbocycles. The van der Waals surface area contributed by atoms with E-state index in [0.717, 1.165) is 6.42 Å². The van der Waals surface area contributed by atoms with Crippen LogP contribution in [0.2, 0.25) is 0 Å². The molecule has 0 aliphatic heterocycles. The number of ketones is 2. The SMILES string of the molecule is C=C1C(=O)CCC(CC)C1=O. The first-order valence-corrected chi connectivity index (χ1v) is 3.93. The van der Waals surface area contributed by atoms with Crippen molar-refractivity contribution in [3.05, 3.63) is 12.2 Å². The van der Waals surface area contributed by atoms with Crippen LogP contribution in [0, 0.1) is 5.92 Å². The monoisotopic (exact) mass is 152 g/mol. The van der Waals surface area contributed by atoms with E-state index in [4.69, 9.17) is 0 Å². The van der Waals surface area contributed by atoms with Crippen LogP contribution in [0.1, 0.15) is 26.2 Å². The minimum Gasteiger partial charge on any atom is -0.294 e. The van der Waals surface area contributed by atoms with Gasteiger partial charge in [0.05, 0.1) is 5.57 Å². The molecule has 1 fully saturated rings. The first-order valence-electron chi connectivity index (χ1n) is 3.93. The van der Waals surface area contributed by atoms with Crippen LogP contribution < -0.4 is 0 Å². The smallest absolute Gasteiger partial charge is 0.168 e. The highest BCUT2D eigenvalue weighted by molar-refractivity contribution is 6.21. The van der Waals surface area contributed by atoms with Crippen molar-refractivity contribution >= 4 is 11.6 Å². The number of hydrogen-bond donors (Lipinski definition) is 0. The molecule has 0 radical (unpaired) electrons. The number of Topliss-reactive ketones (excluding diaryl/α,β-unsaturated/α-hetero) is 2. The summed E-state index contributed by atoms with van der Waals surface area (Å²) in [7, 11) is 0. The van der Waals surface area contributed by atoms with Crippen molar-refractivity contribution < 1.29 is 9.59 Å². The van der Waals surface area contributed by atoms with E-state index < -0.39 is 0 Å². The Labute approximate surface area is 66.3 Å². The van der Waals surface area contributed by atoms with Crippen molar-refractivity contribution in [3.8, 4) is 0 Å². The van der Waals surface area contributed by atoms with E-state index >= 15 is 0 Å². The molecule has 0 spiro atoms. The first kappa shape index (κ1) is 8.18. The normalized spacial score (nSPS) is 25.9. The van der Waals surface area contributed by atoms with E-state index in [0.29, 0.717) is 12.8 Å². The van der Waals surface area contributed by atoms with Crippen molar-refractivity contribution in [2.45, 2.75) is 26.2 Å². The summed E-state index contributed by atoms with van der Waals surface area (Å²) in [5.74, 6) is -0.0522. The van der Waals surface area contributed by atoms with Crippen LogP contribution in [0.4, 0.5) is 0 Å². The molecule has 11 heavy (non-hydrogen) atoms. The molecule has 0 saturated heterocycles. The van der Waals surface area contributed by atoms with E-state index in [1.54, 1.807) is 0 Å². The van der Waals surface area contributed by atoms with Crippen molar-refractivity contribution in [2.75, 3.05) is 0 Å². The van der Waals surface area contributed by atoms with Gasteiger partial charge in [0.2, 0.25) is 0 Å². The predicted molar refractivity (Wildman–Crippen MR) is 42.2 cm³/mol. The summed E-state index contributed by atoms with van der Waals surface area (Å²) in [6, 6.07) is 0. The molecule has 0 aromatic heterocycles. The molecule has 1 rings (SSSR count). The third-order valence-corrected chi connectivity index (χ3v) is 2.22. The maximum absolute atomic E-state index is 11.2. The molecule has 0 aromatic rings. The quantitative estimate of drug-likeness (QED) is 0.421. The highest BCUT2D eigenvalue weighted by Crippen LogP contribution is 2.23. The third kappa shape index (κ3) is 1.39. The molecule has 1 atom stereocenters. The van der Waals surface area contributed by atoms with Crippen LogP contribution in [0.5, 0.6) is 0 Å². The van der Waals surface area contributed by atoms with Crippen LogP contribution in [-0.4, -0.2) is 11.6 Å². The van der Waals surface area contributed by atoms with Gasteiger partial charge in [-0.2, -0.15) is 0 Å². The minimum atomic E-state index is -0.0697. The summed E-state index contributed by atoms with van der Waals surface area (Å²) in [5.41, 5.74) is 0.211. The third-order valence-electron chi connectivity index (χ3n) is 2.22. The maximum atomic E-state index is 11.2. The average molecular weight is 152 g/mol. The molecule has 1 aliphatic rings. The molecule has 0 amide bonds. The molecule has 2 nitrogen and oxygen atoms in total. The Balaban J connectivity index is 2.75. The van der Waals surface area contributed by atoms with Gasteiger partial charge in [-0.15, -0.1) is 0 Å². The summed E-state index contributed by atoms with van der Waals surface area (Å²) < 4.78 is 0. The fourth-order valence-electron chi connectivity index (χ4n) is 1.36. The highest BCUT2D eigenvalue weighted by atomic mass is 16.2. The molecule has 0 bridgehead atoms. The largest absolute Gasteiger partial charge is 0.294 e. The van der Waals surface area contributed by atoms with Gasteiger partial charge in [0.25, 0.3) is 0 Å². The lowest BCUT2D eigenvalue weighted by atomic mass is 9.83. The van der Waals surface area contributed by atoms with Crippen LogP contribution in [0.15, 0.2) is 12.2 Å². The van der Waals surface area contributed by atoms with Gasteiger partial charge in [0, 0.05) is 12.3 Å². The minimum absolute atomic E-state index is 0.0382. The number of carbonyl (C=O) groups is 2. The highest BCUT2D eigenvalue weighted by Gasteiger charge is 2.28. The van der Waals surface area contributed by atoms with Crippen LogP contribution in [0.3, 0.4) is 0 Å². The number of hydrogen-bond acceptors (Lipinski definition) is 2. The van der Waals surface area contributed by atoms with E-state index in [-0.39, 0.29) is 23.1 Å². The molecule has 0 heterocycles. The van der Waals surface area contributed by atoms with Gasteiger partial charge in [-0.1, -0.05) is 13.5 Å². The van der Waals surface area contributed by atoms with Crippen LogP contribution in [-0.2, 0) is 9.59 Å². The van der Waals surface area contributed by atoms with Crippen molar-refractivity contribution in [2.24, 2.45) is 5.92 Å². The Bertz CT molecular complexity index is 216. The fourth-order valence-corrected chi connectivity index (χ4v) is 1.36. The Morgan fingerprint density at radius 3 is 2.73 bits per heavy atom. The van der Waals surface area contributed by atoms with Crippen molar-refractivity contribution in [1.29, 1.82) is 0 Å². The second-order valence-electron chi connectivity index (χ2n) is 2.91. The second-order valence-corrected chi connectivity index (χ2v) is 2.91. The van der Waals surface area contributed by atoms with E-state index in [1.807, 2.05) is 6.92 Å². The molecule has 0 N–H and O–H groups in total. The number of carbonyl (C=O) groups excluding carboxylic acids is 2. The van der Waals surface area contributed by atoms with Crippen molar-refractivity contribution in [3.63, 3.8) is 0 Å². The first-order chi connectivity index (χ1) is 5.16. The molecule has 60 valence electrons. The standard InChI is InChI=1S/C9H12O2/c1-3-7-4-5-8(10)6(2)9(7)11/h7H,2-5H2,1H3. The molecule has 0 aromatic carbocycles. The van der Waals surface area contributed by atoms with Gasteiger partial charge < -0.3 is 0 Å².